The number of rotatable bonds is 6. The molecule has 0 radical (unpaired) electrons. The van der Waals surface area contributed by atoms with Gasteiger partial charge in [-0.3, -0.25) is 14.2 Å². The molecule has 0 aromatic carbocycles. The number of carbonyl (C=O) groups is 1. The zero-order chi connectivity index (χ0) is 18.9. The topological polar surface area (TPSA) is 65.1 Å². The highest BCUT2D eigenvalue weighted by Crippen LogP contribution is 2.27. The predicted molar refractivity (Wildman–Crippen MR) is 106 cm³/mol. The summed E-state index contributed by atoms with van der Waals surface area (Å²) < 4.78 is 7.01. The second-order valence-corrected chi connectivity index (χ2v) is 9.17. The van der Waals surface area contributed by atoms with E-state index in [1.807, 2.05) is 32.9 Å². The second kappa shape index (κ2) is 7.40. The van der Waals surface area contributed by atoms with E-state index < -0.39 is 5.41 Å². The maximum Gasteiger partial charge on any atom is 0.263 e. The van der Waals surface area contributed by atoms with E-state index in [0.717, 1.165) is 16.1 Å². The Labute approximate surface area is 160 Å². The summed E-state index contributed by atoms with van der Waals surface area (Å²) in [5.41, 5.74) is -0.505. The van der Waals surface area contributed by atoms with E-state index in [2.05, 4.69) is 11.9 Å². The van der Waals surface area contributed by atoms with Crippen LogP contribution in [0.3, 0.4) is 0 Å². The van der Waals surface area contributed by atoms with Crippen molar-refractivity contribution in [2.75, 3.05) is 5.75 Å². The molecule has 0 atom stereocenters. The van der Waals surface area contributed by atoms with Crippen molar-refractivity contribution in [3.8, 4) is 0 Å². The molecule has 0 fully saturated rings. The summed E-state index contributed by atoms with van der Waals surface area (Å²) >= 11 is 2.85. The van der Waals surface area contributed by atoms with Crippen LogP contribution in [-0.2, 0) is 17.8 Å². The minimum Gasteiger partial charge on any atom is -0.467 e. The lowest BCUT2D eigenvalue weighted by molar-refractivity contribution is -0.123. The fourth-order valence-electron chi connectivity index (χ4n) is 2.38. The average Bonchev–Trinajstić information content (AvgIpc) is 3.23. The van der Waals surface area contributed by atoms with Gasteiger partial charge in [-0.2, -0.15) is 0 Å². The van der Waals surface area contributed by atoms with E-state index in [1.54, 1.807) is 16.9 Å². The van der Waals surface area contributed by atoms with Crippen LogP contribution >= 0.6 is 23.1 Å². The maximum absolute atomic E-state index is 13.0. The summed E-state index contributed by atoms with van der Waals surface area (Å²) in [6, 6.07) is 5.54. The molecule has 0 aliphatic carbocycles. The van der Waals surface area contributed by atoms with Gasteiger partial charge in [-0.25, -0.2) is 4.98 Å². The summed E-state index contributed by atoms with van der Waals surface area (Å²) in [5, 5.41) is 1.19. The Kier molecular flexibility index (Phi) is 5.39. The third-order valence-corrected chi connectivity index (χ3v) is 6.23. The van der Waals surface area contributed by atoms with Crippen molar-refractivity contribution in [1.29, 1.82) is 0 Å². The van der Waals surface area contributed by atoms with E-state index in [-0.39, 0.29) is 17.1 Å². The van der Waals surface area contributed by atoms with Crippen LogP contribution in [-0.4, -0.2) is 21.1 Å². The van der Waals surface area contributed by atoms with Gasteiger partial charge in [-0.1, -0.05) is 39.5 Å². The third kappa shape index (κ3) is 3.94. The number of fused-ring (bicyclic) bond motifs is 1. The number of Topliss-reactive ketones (excluding diaryl/α,β-unsaturated/α-hetero) is 1. The van der Waals surface area contributed by atoms with Gasteiger partial charge in [-0.05, 0) is 24.6 Å². The van der Waals surface area contributed by atoms with Gasteiger partial charge >= 0.3 is 0 Å². The molecule has 3 heterocycles. The van der Waals surface area contributed by atoms with Crippen LogP contribution in [0.25, 0.3) is 10.2 Å². The van der Waals surface area contributed by atoms with Crippen molar-refractivity contribution in [2.45, 2.75) is 45.8 Å². The number of hydrogen-bond donors (Lipinski definition) is 0. The van der Waals surface area contributed by atoms with Gasteiger partial charge in [0, 0.05) is 10.3 Å². The molecule has 0 aliphatic rings. The zero-order valence-corrected chi connectivity index (χ0v) is 17.0. The van der Waals surface area contributed by atoms with Gasteiger partial charge in [0.2, 0.25) is 0 Å². The number of thioether (sulfide) groups is 1. The van der Waals surface area contributed by atoms with E-state index in [1.165, 1.54) is 23.1 Å². The van der Waals surface area contributed by atoms with Crippen LogP contribution in [0.2, 0.25) is 0 Å². The van der Waals surface area contributed by atoms with Crippen LogP contribution in [0, 0.1) is 5.41 Å². The van der Waals surface area contributed by atoms with E-state index >= 15 is 0 Å². The van der Waals surface area contributed by atoms with Gasteiger partial charge in [0.25, 0.3) is 5.56 Å². The van der Waals surface area contributed by atoms with E-state index in [9.17, 15) is 9.59 Å². The summed E-state index contributed by atoms with van der Waals surface area (Å²) in [5.74, 6) is 1.09. The molecule has 138 valence electrons. The highest BCUT2D eigenvalue weighted by atomic mass is 32.2. The van der Waals surface area contributed by atoms with Crippen molar-refractivity contribution < 1.29 is 9.21 Å². The highest BCUT2D eigenvalue weighted by Gasteiger charge is 2.23. The Hall–Kier alpha value is -1.86. The van der Waals surface area contributed by atoms with Gasteiger partial charge < -0.3 is 4.42 Å². The second-order valence-electron chi connectivity index (χ2n) is 7.11. The molecule has 0 aliphatic heterocycles. The van der Waals surface area contributed by atoms with Crippen LogP contribution in [0.15, 0.2) is 38.8 Å². The first-order chi connectivity index (χ1) is 12.3. The summed E-state index contributed by atoms with van der Waals surface area (Å²) in [6.07, 6.45) is 2.45. The van der Waals surface area contributed by atoms with Gasteiger partial charge in [0.1, 0.15) is 16.4 Å². The molecule has 3 aromatic rings. The predicted octanol–water partition coefficient (Wildman–Crippen LogP) is 4.37. The first-order valence-electron chi connectivity index (χ1n) is 8.51. The Balaban J connectivity index is 2.03. The Bertz CT molecular complexity index is 979. The molecule has 7 heteroatoms. The molecular weight excluding hydrogens is 368 g/mol. The Morgan fingerprint density at radius 2 is 2.15 bits per heavy atom. The van der Waals surface area contributed by atoms with Crippen molar-refractivity contribution in [3.05, 3.63) is 45.5 Å². The number of nitrogens with zero attached hydrogens (tertiary/aromatic N) is 2. The molecule has 0 bridgehead atoms. The molecule has 0 saturated heterocycles. The minimum absolute atomic E-state index is 0.0898. The molecule has 0 amide bonds. The first-order valence-corrected chi connectivity index (χ1v) is 10.3. The number of ketones is 1. The molecule has 0 saturated carbocycles. The number of carbonyl (C=O) groups excluding carboxylic acids is 1. The van der Waals surface area contributed by atoms with Crippen LogP contribution in [0.4, 0.5) is 0 Å². The van der Waals surface area contributed by atoms with Crippen molar-refractivity contribution >= 4 is 39.1 Å². The quantitative estimate of drug-likeness (QED) is 0.462. The lowest BCUT2D eigenvalue weighted by atomic mass is 9.92. The monoisotopic (exact) mass is 390 g/mol. The minimum atomic E-state index is -0.415. The fourth-order valence-corrected chi connectivity index (χ4v) is 4.54. The van der Waals surface area contributed by atoms with Crippen molar-refractivity contribution in [3.63, 3.8) is 0 Å². The molecule has 0 unspecified atom stereocenters. The molecular formula is C19H22N2O3S2. The molecule has 5 nitrogen and oxygen atoms in total. The standard InChI is InChI=1S/C19H22N2O3S2/c1-5-13-9-14-16(26-13)20-18(25-11-15(22)19(2,3)4)21(17(14)23)10-12-7-6-8-24-12/h6-9H,5,10-11H2,1-4H3. The van der Waals surface area contributed by atoms with Crippen LogP contribution in [0.5, 0.6) is 0 Å². The largest absolute Gasteiger partial charge is 0.467 e. The van der Waals surface area contributed by atoms with E-state index in [0.29, 0.717) is 22.8 Å². The number of furan rings is 1. The van der Waals surface area contributed by atoms with Gasteiger partial charge in [0.05, 0.1) is 23.9 Å². The molecule has 3 rings (SSSR count). The summed E-state index contributed by atoms with van der Waals surface area (Å²) in [7, 11) is 0. The van der Waals surface area contributed by atoms with Crippen LogP contribution < -0.4 is 5.56 Å². The van der Waals surface area contributed by atoms with Crippen LogP contribution in [0.1, 0.15) is 38.3 Å². The third-order valence-electron chi connectivity index (χ3n) is 4.08. The summed E-state index contributed by atoms with van der Waals surface area (Å²) in [6.45, 7) is 8.06. The average molecular weight is 391 g/mol. The summed E-state index contributed by atoms with van der Waals surface area (Å²) in [4.78, 5) is 31.9. The van der Waals surface area contributed by atoms with Gasteiger partial charge in [-0.15, -0.1) is 11.3 Å². The molecule has 0 N–H and O–H groups in total. The Morgan fingerprint density at radius 3 is 2.77 bits per heavy atom. The zero-order valence-electron chi connectivity index (χ0n) is 15.4. The smallest absolute Gasteiger partial charge is 0.263 e. The van der Waals surface area contributed by atoms with E-state index in [4.69, 9.17) is 4.42 Å². The molecule has 26 heavy (non-hydrogen) atoms. The number of hydrogen-bond acceptors (Lipinski definition) is 6. The maximum atomic E-state index is 13.0. The lowest BCUT2D eigenvalue weighted by Crippen LogP contribution is -2.25. The first kappa shape index (κ1) is 18.9. The number of thiophene rings is 1. The normalized spacial score (nSPS) is 12.0. The SMILES string of the molecule is CCc1cc2c(=O)n(Cc3ccco3)c(SCC(=O)C(C)(C)C)nc2s1. The fraction of sp³-hybridized carbons (Fsp3) is 0.421. The van der Waals surface area contributed by atoms with Crippen molar-refractivity contribution in [1.82, 2.24) is 9.55 Å². The highest BCUT2D eigenvalue weighted by molar-refractivity contribution is 7.99. The Morgan fingerprint density at radius 1 is 1.38 bits per heavy atom. The lowest BCUT2D eigenvalue weighted by Gasteiger charge is -2.16. The van der Waals surface area contributed by atoms with Gasteiger partial charge in [0.15, 0.2) is 5.16 Å². The number of aromatic nitrogens is 2. The number of aryl methyl sites for hydroxylation is 1. The molecule has 3 aromatic heterocycles. The van der Waals surface area contributed by atoms with Crippen molar-refractivity contribution in [2.24, 2.45) is 5.41 Å². The molecule has 0 spiro atoms.